The number of carbonyl (C=O) groups excluding carboxylic acids is 2. The van der Waals surface area contributed by atoms with E-state index in [-0.39, 0.29) is 24.8 Å². The van der Waals surface area contributed by atoms with Gasteiger partial charge >= 0.3 is 0 Å². The zero-order valence-electron chi connectivity index (χ0n) is 14.6. The highest BCUT2D eigenvalue weighted by atomic mass is 35.5. The Bertz CT molecular complexity index is 788. The van der Waals surface area contributed by atoms with Gasteiger partial charge in [0.25, 0.3) is 0 Å². The van der Waals surface area contributed by atoms with E-state index in [0.717, 1.165) is 5.56 Å². The lowest BCUT2D eigenvalue weighted by molar-refractivity contribution is -0.117. The number of halogens is 1. The Labute approximate surface area is 150 Å². The van der Waals surface area contributed by atoms with Crippen LogP contribution < -0.4 is 15.0 Å². The molecule has 7 nitrogen and oxygen atoms in total. The van der Waals surface area contributed by atoms with Crippen molar-refractivity contribution in [2.24, 2.45) is 0 Å². The summed E-state index contributed by atoms with van der Waals surface area (Å²) in [5.74, 6) is 0.937. The summed E-state index contributed by atoms with van der Waals surface area (Å²) in [4.78, 5) is 25.6. The van der Waals surface area contributed by atoms with Gasteiger partial charge in [0.05, 0.1) is 12.8 Å². The lowest BCUT2D eigenvalue weighted by Crippen LogP contribution is -2.32. The number of methoxy groups -OCH3 is 1. The second kappa shape index (κ2) is 8.02. The molecule has 2 aromatic rings. The molecule has 0 fully saturated rings. The predicted molar refractivity (Wildman–Crippen MR) is 95.3 cm³/mol. The van der Waals surface area contributed by atoms with E-state index in [1.54, 1.807) is 25.1 Å². The zero-order chi connectivity index (χ0) is 18.6. The fraction of sp³-hybridized carbons (Fsp3) is 0.353. The van der Waals surface area contributed by atoms with Gasteiger partial charge in [-0.2, -0.15) is 0 Å². The number of benzene rings is 1. The average Bonchev–Trinajstić information content (AvgIpc) is 2.95. The van der Waals surface area contributed by atoms with Crippen molar-refractivity contribution in [3.63, 3.8) is 0 Å². The minimum Gasteiger partial charge on any atom is -0.495 e. The topological polar surface area (TPSA) is 84.7 Å². The van der Waals surface area contributed by atoms with Crippen molar-refractivity contribution in [3.8, 4) is 5.75 Å². The number of nitrogens with one attached hydrogen (secondary N) is 1. The van der Waals surface area contributed by atoms with Crippen LogP contribution in [0.3, 0.4) is 0 Å². The van der Waals surface area contributed by atoms with Gasteiger partial charge in [-0.15, -0.1) is 0 Å². The fourth-order valence-electron chi connectivity index (χ4n) is 2.31. The molecule has 134 valence electrons. The highest BCUT2D eigenvalue weighted by Gasteiger charge is 2.19. The number of nitrogens with zero attached hydrogens (tertiary/aromatic N) is 2. The third kappa shape index (κ3) is 4.73. The number of carbonyl (C=O) groups is 2. The third-order valence-electron chi connectivity index (χ3n) is 3.59. The number of aryl methyl sites for hydroxylation is 2. The molecule has 0 spiro atoms. The summed E-state index contributed by atoms with van der Waals surface area (Å²) in [6.07, 6.45) is 0.0936. The highest BCUT2D eigenvalue weighted by Crippen LogP contribution is 2.34. The van der Waals surface area contributed by atoms with Crippen LogP contribution in [0.15, 0.2) is 22.7 Å². The van der Waals surface area contributed by atoms with Crippen molar-refractivity contribution in [2.75, 3.05) is 23.9 Å². The summed E-state index contributed by atoms with van der Waals surface area (Å²) in [5, 5.41) is 6.87. The molecular formula is C17H20ClN3O4. The lowest BCUT2D eigenvalue weighted by Gasteiger charge is -2.24. The molecule has 0 aliphatic rings. The molecule has 0 aliphatic carbocycles. The summed E-state index contributed by atoms with van der Waals surface area (Å²) in [5.41, 5.74) is 1.38. The first-order valence-electron chi connectivity index (χ1n) is 7.67. The molecule has 25 heavy (non-hydrogen) atoms. The van der Waals surface area contributed by atoms with Crippen molar-refractivity contribution in [1.29, 1.82) is 0 Å². The van der Waals surface area contributed by atoms with E-state index in [1.165, 1.54) is 18.9 Å². The largest absolute Gasteiger partial charge is 0.495 e. The van der Waals surface area contributed by atoms with Crippen molar-refractivity contribution >= 4 is 34.9 Å². The summed E-state index contributed by atoms with van der Waals surface area (Å²) in [7, 11) is 1.50. The van der Waals surface area contributed by atoms with E-state index in [4.69, 9.17) is 20.9 Å². The molecule has 0 unspecified atom stereocenters. The Morgan fingerprint density at radius 3 is 2.60 bits per heavy atom. The van der Waals surface area contributed by atoms with Gasteiger partial charge < -0.3 is 19.5 Å². The second-order valence-electron chi connectivity index (χ2n) is 5.56. The average molecular weight is 366 g/mol. The van der Waals surface area contributed by atoms with Gasteiger partial charge in [-0.05, 0) is 25.5 Å². The molecule has 0 bridgehead atoms. The molecule has 8 heteroatoms. The normalized spacial score (nSPS) is 10.4. The van der Waals surface area contributed by atoms with Gasteiger partial charge in [0.15, 0.2) is 5.82 Å². The SMILES string of the molecule is COc1cc(Cl)c(C)cc1N(CCC(=O)Nc1cc(C)on1)C(C)=O. The Balaban J connectivity index is 2.12. The maximum atomic E-state index is 12.1. The van der Waals surface area contributed by atoms with Gasteiger partial charge in [0, 0.05) is 37.0 Å². The van der Waals surface area contributed by atoms with Crippen LogP contribution in [-0.4, -0.2) is 30.6 Å². The van der Waals surface area contributed by atoms with Gasteiger partial charge in [-0.25, -0.2) is 0 Å². The smallest absolute Gasteiger partial charge is 0.227 e. The van der Waals surface area contributed by atoms with Crippen LogP contribution in [0, 0.1) is 13.8 Å². The number of rotatable bonds is 6. The number of hydrogen-bond donors (Lipinski definition) is 1. The molecule has 0 saturated heterocycles. The Kier molecular flexibility index (Phi) is 6.03. The van der Waals surface area contributed by atoms with Crippen LogP contribution in [0.25, 0.3) is 0 Å². The van der Waals surface area contributed by atoms with E-state index in [9.17, 15) is 9.59 Å². The monoisotopic (exact) mass is 365 g/mol. The van der Waals surface area contributed by atoms with E-state index in [1.807, 2.05) is 6.92 Å². The molecule has 2 rings (SSSR count). The van der Waals surface area contributed by atoms with Crippen molar-refractivity contribution < 1.29 is 18.8 Å². The first kappa shape index (κ1) is 18.8. The van der Waals surface area contributed by atoms with Crippen LogP contribution in [0.4, 0.5) is 11.5 Å². The molecular weight excluding hydrogens is 346 g/mol. The maximum absolute atomic E-state index is 12.1. The van der Waals surface area contributed by atoms with E-state index in [0.29, 0.717) is 28.0 Å². The van der Waals surface area contributed by atoms with Crippen LogP contribution in [0.2, 0.25) is 5.02 Å². The molecule has 1 heterocycles. The third-order valence-corrected chi connectivity index (χ3v) is 4.00. The van der Waals surface area contributed by atoms with Crippen LogP contribution in [0.1, 0.15) is 24.7 Å². The van der Waals surface area contributed by atoms with E-state index in [2.05, 4.69) is 10.5 Å². The number of aromatic nitrogens is 1. The second-order valence-corrected chi connectivity index (χ2v) is 5.97. The number of anilines is 2. The van der Waals surface area contributed by atoms with E-state index >= 15 is 0 Å². The van der Waals surface area contributed by atoms with Crippen LogP contribution in [0.5, 0.6) is 5.75 Å². The van der Waals surface area contributed by atoms with Crippen molar-refractivity contribution in [1.82, 2.24) is 5.16 Å². The van der Waals surface area contributed by atoms with Gasteiger partial charge in [-0.1, -0.05) is 16.8 Å². The van der Waals surface area contributed by atoms with Crippen LogP contribution in [-0.2, 0) is 9.59 Å². The van der Waals surface area contributed by atoms with Gasteiger partial charge in [0.2, 0.25) is 11.8 Å². The van der Waals surface area contributed by atoms with Crippen molar-refractivity contribution in [3.05, 3.63) is 34.5 Å². The summed E-state index contributed by atoms with van der Waals surface area (Å²) >= 11 is 6.11. The van der Waals surface area contributed by atoms with Gasteiger partial charge in [-0.3, -0.25) is 9.59 Å². The molecule has 0 saturated carbocycles. The first-order valence-corrected chi connectivity index (χ1v) is 8.05. The zero-order valence-corrected chi connectivity index (χ0v) is 15.3. The molecule has 1 N–H and O–H groups in total. The Hall–Kier alpha value is -2.54. The van der Waals surface area contributed by atoms with Crippen molar-refractivity contribution in [2.45, 2.75) is 27.2 Å². The summed E-state index contributed by atoms with van der Waals surface area (Å²) in [6, 6.07) is 5.04. The molecule has 0 atom stereocenters. The quantitative estimate of drug-likeness (QED) is 0.848. The van der Waals surface area contributed by atoms with E-state index < -0.39 is 0 Å². The fourth-order valence-corrected chi connectivity index (χ4v) is 2.47. The molecule has 0 radical (unpaired) electrons. The molecule has 2 amide bonds. The number of hydrogen-bond acceptors (Lipinski definition) is 5. The molecule has 0 aliphatic heterocycles. The Morgan fingerprint density at radius 2 is 2.04 bits per heavy atom. The van der Waals surface area contributed by atoms with Gasteiger partial charge in [0.1, 0.15) is 11.5 Å². The maximum Gasteiger partial charge on any atom is 0.227 e. The minimum atomic E-state index is -0.274. The number of amides is 2. The minimum absolute atomic E-state index is 0.0936. The molecule has 1 aromatic carbocycles. The predicted octanol–water partition coefficient (Wildman–Crippen LogP) is 3.34. The lowest BCUT2D eigenvalue weighted by atomic mass is 10.1. The summed E-state index contributed by atoms with van der Waals surface area (Å²) in [6.45, 7) is 5.19. The Morgan fingerprint density at radius 1 is 1.32 bits per heavy atom. The standard InChI is InChI=1S/C17H20ClN3O4/c1-10-7-14(15(24-4)9-13(10)18)21(12(3)22)6-5-17(23)19-16-8-11(2)25-20-16/h7-9H,5-6H2,1-4H3,(H,19,20,23). The summed E-state index contributed by atoms with van der Waals surface area (Å²) < 4.78 is 10.2. The first-order chi connectivity index (χ1) is 11.8. The number of ether oxygens (including phenoxy) is 1. The highest BCUT2D eigenvalue weighted by molar-refractivity contribution is 6.31. The molecule has 1 aromatic heterocycles. The van der Waals surface area contributed by atoms with Crippen LogP contribution >= 0.6 is 11.6 Å².